The minimum Gasteiger partial charge on any atom is -0.539 e. The summed E-state index contributed by atoms with van der Waals surface area (Å²) in [5.74, 6) is 0.618. The predicted octanol–water partition coefficient (Wildman–Crippen LogP) is -0.229. The Balaban J connectivity index is 1.38. The summed E-state index contributed by atoms with van der Waals surface area (Å²) < 4.78 is 26.9. The molecule has 162 valence electrons. The molecule has 3 N–H and O–H groups in total. The minimum absolute atomic E-state index is 0.336. The van der Waals surface area contributed by atoms with Gasteiger partial charge in [-0.1, -0.05) is 36.4 Å². The monoisotopic (exact) mass is 418 g/mol. The van der Waals surface area contributed by atoms with Gasteiger partial charge >= 0.3 is 14.8 Å². The summed E-state index contributed by atoms with van der Waals surface area (Å²) in [6.07, 6.45) is 0. The van der Waals surface area contributed by atoms with Crippen molar-refractivity contribution in [2.45, 2.75) is 13.2 Å². The van der Waals surface area contributed by atoms with E-state index < -0.39 is 7.12 Å². The molecule has 0 saturated heterocycles. The molecule has 0 fully saturated rings. The van der Waals surface area contributed by atoms with Gasteiger partial charge in [0.05, 0.1) is 52.9 Å². The summed E-state index contributed by atoms with van der Waals surface area (Å²) in [6.45, 7) is 3.82. The molecular weight excluding hydrogens is 390 g/mol. The van der Waals surface area contributed by atoms with Crippen LogP contribution in [0.3, 0.4) is 0 Å². The highest BCUT2D eigenvalue weighted by Gasteiger charge is 2.09. The van der Waals surface area contributed by atoms with Crippen molar-refractivity contribution in [2.24, 2.45) is 0 Å². The van der Waals surface area contributed by atoms with Crippen molar-refractivity contribution in [3.8, 4) is 5.75 Å². The number of benzene rings is 2. The molecule has 2 aromatic rings. The third kappa shape index (κ3) is 10.2. The first-order valence-electron chi connectivity index (χ1n) is 9.77. The highest BCUT2D eigenvalue weighted by atomic mass is 16.6. The van der Waals surface area contributed by atoms with Gasteiger partial charge in [0, 0.05) is 0 Å². The molecule has 8 nitrogen and oxygen atoms in total. The van der Waals surface area contributed by atoms with Crippen LogP contribution in [0.1, 0.15) is 11.1 Å². The third-order valence-corrected chi connectivity index (χ3v) is 4.09. The Morgan fingerprint density at radius 3 is 1.50 bits per heavy atom. The molecule has 0 unspecified atom stereocenters. The second-order valence-electron chi connectivity index (χ2n) is 6.36. The van der Waals surface area contributed by atoms with E-state index in [1.165, 1.54) is 0 Å². The van der Waals surface area contributed by atoms with Gasteiger partial charge in [-0.2, -0.15) is 0 Å². The van der Waals surface area contributed by atoms with Crippen molar-refractivity contribution in [1.82, 2.24) is 0 Å². The Labute approximate surface area is 177 Å². The van der Waals surface area contributed by atoms with E-state index in [4.69, 9.17) is 38.7 Å². The van der Waals surface area contributed by atoms with Crippen LogP contribution >= 0.6 is 0 Å². The number of hydrogen-bond donors (Lipinski definition) is 3. The van der Waals surface area contributed by atoms with E-state index in [9.17, 15) is 0 Å². The standard InChI is InChI=1S/C20H28B2O8/c23-21-30-20-7-3-18(4-8-20)16-29-14-12-27-10-9-26-11-13-28-15-17-1-5-19(6-2-17)22(24)25/h1-8,21,23-25H,9-16H2. The van der Waals surface area contributed by atoms with Crippen LogP contribution in [0.25, 0.3) is 0 Å². The van der Waals surface area contributed by atoms with E-state index >= 15 is 0 Å². The summed E-state index contributed by atoms with van der Waals surface area (Å²) in [7, 11) is -1.79. The van der Waals surface area contributed by atoms with Crippen molar-refractivity contribution in [3.05, 3.63) is 59.7 Å². The molecule has 0 spiro atoms. The quantitative estimate of drug-likeness (QED) is 0.254. The lowest BCUT2D eigenvalue weighted by molar-refractivity contribution is -0.00618. The Morgan fingerprint density at radius 2 is 1.07 bits per heavy atom. The lowest BCUT2D eigenvalue weighted by Crippen LogP contribution is -2.29. The van der Waals surface area contributed by atoms with Gasteiger partial charge in [-0.3, -0.25) is 0 Å². The molecule has 0 aliphatic carbocycles. The number of rotatable bonds is 16. The molecule has 0 amide bonds. The molecule has 0 saturated carbocycles. The van der Waals surface area contributed by atoms with Crippen molar-refractivity contribution in [1.29, 1.82) is 0 Å². The smallest absolute Gasteiger partial charge is 0.504 e. The van der Waals surface area contributed by atoms with E-state index in [2.05, 4.69) is 0 Å². The molecule has 30 heavy (non-hydrogen) atoms. The Kier molecular flexibility index (Phi) is 12.2. The van der Waals surface area contributed by atoms with Gasteiger partial charge in [0.2, 0.25) is 0 Å². The summed E-state index contributed by atoms with van der Waals surface area (Å²) >= 11 is 0. The van der Waals surface area contributed by atoms with Gasteiger partial charge < -0.3 is 38.7 Å². The van der Waals surface area contributed by atoms with Crippen LogP contribution in [-0.4, -0.2) is 69.5 Å². The second kappa shape index (κ2) is 15.0. The molecule has 0 aromatic heterocycles. The maximum Gasteiger partial charge on any atom is 0.504 e. The predicted molar refractivity (Wildman–Crippen MR) is 114 cm³/mol. The van der Waals surface area contributed by atoms with E-state index in [0.29, 0.717) is 64.1 Å². The van der Waals surface area contributed by atoms with Crippen LogP contribution in [-0.2, 0) is 32.2 Å². The van der Waals surface area contributed by atoms with E-state index in [1.807, 2.05) is 12.1 Å². The van der Waals surface area contributed by atoms with Crippen molar-refractivity contribution in [2.75, 3.05) is 39.6 Å². The number of hydrogen-bond acceptors (Lipinski definition) is 8. The average molecular weight is 418 g/mol. The Morgan fingerprint density at radius 1 is 0.633 bits per heavy atom. The first kappa shape index (κ1) is 24.4. The number of ether oxygens (including phenoxy) is 4. The minimum atomic E-state index is -1.45. The summed E-state index contributed by atoms with van der Waals surface area (Å²) in [5, 5.41) is 26.8. The molecule has 0 aliphatic heterocycles. The van der Waals surface area contributed by atoms with Crippen molar-refractivity contribution in [3.63, 3.8) is 0 Å². The maximum absolute atomic E-state index is 9.04. The third-order valence-electron chi connectivity index (χ3n) is 4.09. The van der Waals surface area contributed by atoms with Gasteiger partial charge in [-0.15, -0.1) is 0 Å². The van der Waals surface area contributed by atoms with Crippen molar-refractivity contribution >= 4 is 20.3 Å². The van der Waals surface area contributed by atoms with Crippen LogP contribution in [0.4, 0.5) is 0 Å². The summed E-state index contributed by atoms with van der Waals surface area (Å²) in [6, 6.07) is 14.2. The van der Waals surface area contributed by atoms with Crippen molar-refractivity contribution < 1.29 is 38.7 Å². The van der Waals surface area contributed by atoms with Gasteiger partial charge in [-0.05, 0) is 28.7 Å². The topological polar surface area (TPSA) is 107 Å². The maximum atomic E-state index is 9.04. The zero-order valence-corrected chi connectivity index (χ0v) is 16.9. The van der Waals surface area contributed by atoms with Crippen LogP contribution in [0.5, 0.6) is 5.75 Å². The molecule has 0 atom stereocenters. The SMILES string of the molecule is OBOc1ccc(COCCOCCOCCOCc2ccc(B(O)O)cc2)cc1. The van der Waals surface area contributed by atoms with Crippen LogP contribution in [0.2, 0.25) is 0 Å². The summed E-state index contributed by atoms with van der Waals surface area (Å²) in [4.78, 5) is 0. The molecule has 10 heteroatoms. The van der Waals surface area contributed by atoms with E-state index in [0.717, 1.165) is 11.1 Å². The molecule has 0 bridgehead atoms. The lowest BCUT2D eigenvalue weighted by atomic mass is 9.80. The molecule has 2 rings (SSSR count). The van der Waals surface area contributed by atoms with Crippen LogP contribution < -0.4 is 10.1 Å². The van der Waals surface area contributed by atoms with Crippen LogP contribution in [0.15, 0.2) is 48.5 Å². The average Bonchev–Trinajstić information content (AvgIpc) is 2.76. The zero-order chi connectivity index (χ0) is 21.4. The second-order valence-corrected chi connectivity index (χ2v) is 6.36. The van der Waals surface area contributed by atoms with Gasteiger partial charge in [0.1, 0.15) is 5.75 Å². The first-order chi connectivity index (χ1) is 14.7. The highest BCUT2D eigenvalue weighted by molar-refractivity contribution is 6.58. The fourth-order valence-corrected chi connectivity index (χ4v) is 2.48. The van der Waals surface area contributed by atoms with E-state index in [1.54, 1.807) is 36.4 Å². The molecule has 0 radical (unpaired) electrons. The molecular formula is C20H28B2O8. The van der Waals surface area contributed by atoms with Gasteiger partial charge in [0.15, 0.2) is 0 Å². The highest BCUT2D eigenvalue weighted by Crippen LogP contribution is 2.12. The molecule has 0 aliphatic rings. The summed E-state index contributed by atoms with van der Waals surface area (Å²) in [5.41, 5.74) is 2.43. The zero-order valence-electron chi connectivity index (χ0n) is 16.9. The Bertz CT molecular complexity index is 682. The van der Waals surface area contributed by atoms with Gasteiger partial charge in [0.25, 0.3) is 0 Å². The Hall–Kier alpha value is -1.91. The first-order valence-corrected chi connectivity index (χ1v) is 9.77. The largest absolute Gasteiger partial charge is 0.539 e. The normalized spacial score (nSPS) is 10.8. The lowest BCUT2D eigenvalue weighted by Gasteiger charge is -2.08. The van der Waals surface area contributed by atoms with Crippen LogP contribution in [0, 0.1) is 0 Å². The fraction of sp³-hybridized carbons (Fsp3) is 0.400. The molecule has 0 heterocycles. The fourth-order valence-electron chi connectivity index (χ4n) is 2.48. The van der Waals surface area contributed by atoms with Gasteiger partial charge in [-0.25, -0.2) is 0 Å². The molecule has 2 aromatic carbocycles. The van der Waals surface area contributed by atoms with E-state index in [-0.39, 0.29) is 7.69 Å².